The molecule has 1 aromatic heterocycles. The minimum atomic E-state index is -0.100. The molecule has 2 heterocycles. The first-order valence-corrected chi connectivity index (χ1v) is 7.93. The van der Waals surface area contributed by atoms with Gasteiger partial charge in [-0.15, -0.1) is 0 Å². The molecule has 0 atom stereocenters. The maximum absolute atomic E-state index is 12.4. The molecule has 3 rings (SSSR count). The van der Waals surface area contributed by atoms with Crippen LogP contribution in [0.4, 0.5) is 10.5 Å². The summed E-state index contributed by atoms with van der Waals surface area (Å²) >= 11 is 0. The third kappa shape index (κ3) is 3.90. The third-order valence-electron chi connectivity index (χ3n) is 3.99. The molecule has 6 heteroatoms. The Kier molecular flexibility index (Phi) is 4.74. The Morgan fingerprint density at radius 2 is 2.12 bits per heavy atom. The minimum absolute atomic E-state index is 0.0885. The quantitative estimate of drug-likeness (QED) is 0.910. The lowest BCUT2D eigenvalue weighted by Crippen LogP contribution is -2.42. The lowest BCUT2D eigenvalue weighted by Gasteiger charge is -2.29. The minimum Gasteiger partial charge on any atom is -0.334 e. The van der Waals surface area contributed by atoms with Gasteiger partial charge in [-0.1, -0.05) is 12.1 Å². The summed E-state index contributed by atoms with van der Waals surface area (Å²) in [5, 5.41) is 5.70. The lowest BCUT2D eigenvalue weighted by atomic mass is 9.99. The van der Waals surface area contributed by atoms with E-state index in [4.69, 9.17) is 0 Å². The van der Waals surface area contributed by atoms with E-state index >= 15 is 0 Å². The van der Waals surface area contributed by atoms with Crippen molar-refractivity contribution in [2.24, 2.45) is 0 Å². The van der Waals surface area contributed by atoms with Gasteiger partial charge in [0.1, 0.15) is 0 Å². The molecule has 2 N–H and O–H groups in total. The number of rotatable bonds is 3. The highest BCUT2D eigenvalue weighted by Gasteiger charge is 2.20. The van der Waals surface area contributed by atoms with E-state index in [9.17, 15) is 9.59 Å². The molecule has 6 nitrogen and oxygen atoms in total. The van der Waals surface area contributed by atoms with Crippen LogP contribution < -0.4 is 10.6 Å². The summed E-state index contributed by atoms with van der Waals surface area (Å²) in [6.45, 7) is 3.17. The van der Waals surface area contributed by atoms with E-state index < -0.39 is 0 Å². The summed E-state index contributed by atoms with van der Waals surface area (Å²) < 4.78 is 0. The highest BCUT2D eigenvalue weighted by Crippen LogP contribution is 2.22. The first-order valence-electron chi connectivity index (χ1n) is 7.93. The van der Waals surface area contributed by atoms with Crippen molar-refractivity contribution in [1.29, 1.82) is 0 Å². The summed E-state index contributed by atoms with van der Waals surface area (Å²) in [6, 6.07) is 9.55. The van der Waals surface area contributed by atoms with Crippen LogP contribution in [-0.2, 0) is 24.3 Å². The summed E-state index contributed by atoms with van der Waals surface area (Å²) in [5.74, 6) is -0.100. The maximum Gasteiger partial charge on any atom is 0.317 e. The standard InChI is InChI=1S/C18H20N4O2/c1-13(23)21-17-5-4-15-6-8-22(12-16(15)9-17)18(24)20-11-14-3-2-7-19-10-14/h2-5,7,9-10H,6,8,11-12H2,1H3,(H,20,24)(H,21,23). The van der Waals surface area contributed by atoms with Gasteiger partial charge in [0, 0.05) is 44.6 Å². The Hall–Kier alpha value is -2.89. The molecule has 2 aromatic rings. The van der Waals surface area contributed by atoms with Crippen LogP contribution in [0.1, 0.15) is 23.6 Å². The third-order valence-corrected chi connectivity index (χ3v) is 3.99. The van der Waals surface area contributed by atoms with Crippen LogP contribution in [0.25, 0.3) is 0 Å². The first-order chi connectivity index (χ1) is 11.6. The van der Waals surface area contributed by atoms with Gasteiger partial charge in [0.2, 0.25) is 5.91 Å². The molecule has 1 aromatic carbocycles. The molecule has 0 aliphatic carbocycles. The van der Waals surface area contributed by atoms with Crippen molar-refractivity contribution >= 4 is 17.6 Å². The van der Waals surface area contributed by atoms with Crippen molar-refractivity contribution in [2.75, 3.05) is 11.9 Å². The maximum atomic E-state index is 12.4. The van der Waals surface area contributed by atoms with E-state index in [-0.39, 0.29) is 11.9 Å². The van der Waals surface area contributed by atoms with Crippen LogP contribution in [0.2, 0.25) is 0 Å². The molecular weight excluding hydrogens is 304 g/mol. The Morgan fingerprint density at radius 1 is 1.25 bits per heavy atom. The molecule has 3 amide bonds. The van der Waals surface area contributed by atoms with Gasteiger partial charge >= 0.3 is 6.03 Å². The summed E-state index contributed by atoms with van der Waals surface area (Å²) in [7, 11) is 0. The highest BCUT2D eigenvalue weighted by molar-refractivity contribution is 5.88. The van der Waals surface area contributed by atoms with Crippen molar-refractivity contribution in [3.8, 4) is 0 Å². The van der Waals surface area contributed by atoms with Gasteiger partial charge in [-0.05, 0) is 41.3 Å². The normalized spacial score (nSPS) is 13.1. The second-order valence-electron chi connectivity index (χ2n) is 5.86. The van der Waals surface area contributed by atoms with Crippen LogP contribution in [-0.4, -0.2) is 28.4 Å². The fourth-order valence-corrected chi connectivity index (χ4v) is 2.80. The number of nitrogens with one attached hydrogen (secondary N) is 2. The Morgan fingerprint density at radius 3 is 2.88 bits per heavy atom. The van der Waals surface area contributed by atoms with E-state index in [1.165, 1.54) is 12.5 Å². The molecular formula is C18H20N4O2. The number of amides is 3. The number of carbonyl (C=O) groups excluding carboxylic acids is 2. The van der Waals surface area contributed by atoms with Gasteiger partial charge in [0.15, 0.2) is 0 Å². The number of nitrogens with zero attached hydrogens (tertiary/aromatic N) is 2. The number of pyridine rings is 1. The fraction of sp³-hybridized carbons (Fsp3) is 0.278. The van der Waals surface area contributed by atoms with E-state index in [0.717, 1.165) is 23.2 Å². The van der Waals surface area contributed by atoms with Crippen LogP contribution in [0.5, 0.6) is 0 Å². The van der Waals surface area contributed by atoms with Gasteiger partial charge in [0.05, 0.1) is 0 Å². The van der Waals surface area contributed by atoms with Crippen molar-refractivity contribution < 1.29 is 9.59 Å². The van der Waals surface area contributed by atoms with Crippen molar-refractivity contribution in [3.63, 3.8) is 0 Å². The van der Waals surface area contributed by atoms with Gasteiger partial charge in [0.25, 0.3) is 0 Å². The SMILES string of the molecule is CC(=O)Nc1ccc2c(c1)CN(C(=O)NCc1cccnc1)CC2. The van der Waals surface area contributed by atoms with Crippen molar-refractivity contribution in [3.05, 3.63) is 59.4 Å². The zero-order valence-electron chi connectivity index (χ0n) is 13.6. The second-order valence-corrected chi connectivity index (χ2v) is 5.86. The highest BCUT2D eigenvalue weighted by atomic mass is 16.2. The molecule has 1 aliphatic rings. The van der Waals surface area contributed by atoms with Crippen LogP contribution in [0.3, 0.4) is 0 Å². The Balaban J connectivity index is 1.63. The van der Waals surface area contributed by atoms with Gasteiger partial charge < -0.3 is 15.5 Å². The average Bonchev–Trinajstić information content (AvgIpc) is 2.59. The number of hydrogen-bond acceptors (Lipinski definition) is 3. The largest absolute Gasteiger partial charge is 0.334 e. The van der Waals surface area contributed by atoms with Gasteiger partial charge in [-0.25, -0.2) is 4.79 Å². The summed E-state index contributed by atoms with van der Waals surface area (Å²) in [6.07, 6.45) is 4.26. The smallest absolute Gasteiger partial charge is 0.317 e. The van der Waals surface area contributed by atoms with Gasteiger partial charge in [-0.2, -0.15) is 0 Å². The Bertz CT molecular complexity index is 746. The Labute approximate surface area is 140 Å². The molecule has 0 bridgehead atoms. The molecule has 0 unspecified atom stereocenters. The van der Waals surface area contributed by atoms with E-state index in [0.29, 0.717) is 19.6 Å². The molecule has 0 fully saturated rings. The number of urea groups is 1. The lowest BCUT2D eigenvalue weighted by molar-refractivity contribution is -0.114. The molecule has 0 saturated heterocycles. The van der Waals surface area contributed by atoms with Crippen molar-refractivity contribution in [2.45, 2.75) is 26.4 Å². The van der Waals surface area contributed by atoms with Crippen LogP contribution >= 0.6 is 0 Å². The van der Waals surface area contributed by atoms with Crippen LogP contribution in [0, 0.1) is 0 Å². The molecule has 1 aliphatic heterocycles. The number of fused-ring (bicyclic) bond motifs is 1. The number of hydrogen-bond donors (Lipinski definition) is 2. The van der Waals surface area contributed by atoms with E-state index in [2.05, 4.69) is 15.6 Å². The average molecular weight is 324 g/mol. The summed E-state index contributed by atoms with van der Waals surface area (Å²) in [5.41, 5.74) is 4.03. The fourth-order valence-electron chi connectivity index (χ4n) is 2.80. The van der Waals surface area contributed by atoms with Gasteiger partial charge in [-0.3, -0.25) is 9.78 Å². The monoisotopic (exact) mass is 324 g/mol. The van der Waals surface area contributed by atoms with Crippen LogP contribution in [0.15, 0.2) is 42.7 Å². The second kappa shape index (κ2) is 7.12. The number of carbonyl (C=O) groups is 2. The molecule has 0 saturated carbocycles. The first kappa shape index (κ1) is 16.0. The van der Waals surface area contributed by atoms with E-state index in [1.807, 2.05) is 30.3 Å². The van der Waals surface area contributed by atoms with Crippen molar-refractivity contribution in [1.82, 2.24) is 15.2 Å². The molecule has 124 valence electrons. The number of benzene rings is 1. The molecule has 24 heavy (non-hydrogen) atoms. The predicted octanol–water partition coefficient (Wildman–Crippen LogP) is 2.31. The molecule has 0 spiro atoms. The number of anilines is 1. The van der Waals surface area contributed by atoms with E-state index in [1.54, 1.807) is 17.3 Å². The summed E-state index contributed by atoms with van der Waals surface area (Å²) in [4.78, 5) is 29.4. The zero-order chi connectivity index (χ0) is 16.9. The molecule has 0 radical (unpaired) electrons. The number of aromatic nitrogens is 1. The zero-order valence-corrected chi connectivity index (χ0v) is 13.6. The topological polar surface area (TPSA) is 74.3 Å². The predicted molar refractivity (Wildman–Crippen MR) is 91.3 cm³/mol.